The minimum Gasteiger partial charge on any atom is -0.479 e. The van der Waals surface area contributed by atoms with Gasteiger partial charge in [-0.1, -0.05) is 39.3 Å². The normalized spacial score (nSPS) is 48.1. The SMILES string of the molecule is CC(C)(C)CCN1C[C@@H]2C[C@H]3[C@@H]4CCC5=CC(=O)C=C[C@]5(C)[C@@]4(F)[C@@H](O)C[C@]3(C)[C@]2(C(=O)O)O1. The van der Waals surface area contributed by atoms with E-state index in [1.54, 1.807) is 18.1 Å². The van der Waals surface area contributed by atoms with E-state index in [4.69, 9.17) is 4.84 Å². The summed E-state index contributed by atoms with van der Waals surface area (Å²) in [4.78, 5) is 31.2. The number of hydroxylamine groups is 2. The Labute approximate surface area is 201 Å². The van der Waals surface area contributed by atoms with E-state index in [2.05, 4.69) is 20.8 Å². The third-order valence-electron chi connectivity index (χ3n) is 10.1. The van der Waals surface area contributed by atoms with Gasteiger partial charge in [-0.3, -0.25) is 9.63 Å². The van der Waals surface area contributed by atoms with Gasteiger partial charge in [0.1, 0.15) is 0 Å². The van der Waals surface area contributed by atoms with Crippen molar-refractivity contribution in [3.05, 3.63) is 23.8 Å². The molecule has 8 atom stereocenters. The highest BCUT2D eigenvalue weighted by Crippen LogP contribution is 2.72. The minimum absolute atomic E-state index is 0.0191. The van der Waals surface area contributed by atoms with Gasteiger partial charge in [0.15, 0.2) is 17.1 Å². The van der Waals surface area contributed by atoms with E-state index in [1.807, 2.05) is 6.92 Å². The Morgan fingerprint density at radius 1 is 1.29 bits per heavy atom. The summed E-state index contributed by atoms with van der Waals surface area (Å²) in [6.45, 7) is 11.3. The van der Waals surface area contributed by atoms with Gasteiger partial charge in [0.25, 0.3) is 0 Å². The third-order valence-corrected chi connectivity index (χ3v) is 10.1. The molecule has 34 heavy (non-hydrogen) atoms. The molecule has 2 N–H and O–H groups in total. The monoisotopic (exact) mass is 475 g/mol. The first-order valence-electron chi connectivity index (χ1n) is 12.7. The average Bonchev–Trinajstić information content (AvgIpc) is 3.21. The van der Waals surface area contributed by atoms with Gasteiger partial charge < -0.3 is 10.2 Å². The van der Waals surface area contributed by atoms with Gasteiger partial charge in [-0.15, -0.1) is 0 Å². The summed E-state index contributed by atoms with van der Waals surface area (Å²) in [5, 5.41) is 23.8. The maximum atomic E-state index is 17.2. The molecular weight excluding hydrogens is 437 g/mol. The molecule has 7 heteroatoms. The number of rotatable bonds is 3. The molecule has 1 aliphatic heterocycles. The molecule has 0 radical (unpaired) electrons. The number of carboxylic acid groups (broad SMARTS) is 1. The lowest BCUT2D eigenvalue weighted by molar-refractivity contribution is -0.272. The number of alkyl halides is 1. The van der Waals surface area contributed by atoms with Crippen molar-refractivity contribution in [3.63, 3.8) is 0 Å². The highest BCUT2D eigenvalue weighted by atomic mass is 19.1. The molecule has 0 amide bonds. The number of aliphatic carboxylic acids is 1. The summed E-state index contributed by atoms with van der Waals surface area (Å²) in [5.74, 6) is -2.15. The smallest absolute Gasteiger partial charge is 0.339 e. The largest absolute Gasteiger partial charge is 0.479 e. The van der Waals surface area contributed by atoms with Crippen LogP contribution in [0, 0.1) is 34.0 Å². The van der Waals surface area contributed by atoms with Crippen LogP contribution in [0.1, 0.15) is 66.7 Å². The quantitative estimate of drug-likeness (QED) is 0.639. The van der Waals surface area contributed by atoms with Crippen molar-refractivity contribution in [1.82, 2.24) is 5.06 Å². The molecule has 0 aromatic carbocycles. The van der Waals surface area contributed by atoms with Crippen LogP contribution in [0.25, 0.3) is 0 Å². The molecule has 0 aromatic heterocycles. The van der Waals surface area contributed by atoms with Gasteiger partial charge in [-0.2, -0.15) is 5.06 Å². The van der Waals surface area contributed by atoms with Crippen molar-refractivity contribution < 1.29 is 29.0 Å². The number of halogens is 1. The van der Waals surface area contributed by atoms with Gasteiger partial charge in [0, 0.05) is 35.8 Å². The fourth-order valence-corrected chi connectivity index (χ4v) is 8.28. The third kappa shape index (κ3) is 2.89. The number of aliphatic hydroxyl groups is 1. The second-order valence-corrected chi connectivity index (χ2v) is 13.0. The van der Waals surface area contributed by atoms with Crippen molar-refractivity contribution in [2.45, 2.75) is 84.1 Å². The van der Waals surface area contributed by atoms with Crippen LogP contribution in [0.5, 0.6) is 0 Å². The van der Waals surface area contributed by atoms with Crippen molar-refractivity contribution in [2.24, 2.45) is 34.0 Å². The van der Waals surface area contributed by atoms with E-state index in [9.17, 15) is 19.8 Å². The number of allylic oxidation sites excluding steroid dienone is 4. The molecule has 0 spiro atoms. The van der Waals surface area contributed by atoms with Crippen molar-refractivity contribution >= 4 is 11.8 Å². The molecule has 0 bridgehead atoms. The number of fused-ring (bicyclic) bond motifs is 7. The molecule has 188 valence electrons. The summed E-state index contributed by atoms with van der Waals surface area (Å²) >= 11 is 0. The summed E-state index contributed by atoms with van der Waals surface area (Å²) < 4.78 is 17.2. The van der Waals surface area contributed by atoms with E-state index >= 15 is 4.39 Å². The lowest BCUT2D eigenvalue weighted by Gasteiger charge is -2.62. The first-order valence-corrected chi connectivity index (χ1v) is 12.7. The van der Waals surface area contributed by atoms with Crippen LogP contribution in [-0.2, 0) is 14.4 Å². The maximum absolute atomic E-state index is 17.2. The zero-order valence-corrected chi connectivity index (χ0v) is 20.9. The number of hydrogen-bond donors (Lipinski definition) is 2. The first-order chi connectivity index (χ1) is 15.7. The standard InChI is InChI=1S/C27H38FNO5/c1-23(2,3)10-11-29-15-17-13-20-19-7-6-16-12-18(30)8-9-24(16,4)26(19,28)21(31)14-25(20,5)27(17,34-29)22(32)33/h8-9,12,17,19-21,31H,6-7,10-11,13-15H2,1-5H3,(H,32,33)/t17-,19-,20-,21-,24-,25-,26-,27-/m0/s1. The predicted octanol–water partition coefficient (Wildman–Crippen LogP) is 4.09. The fourth-order valence-electron chi connectivity index (χ4n) is 8.28. The average molecular weight is 476 g/mol. The molecule has 4 fully saturated rings. The molecule has 1 heterocycles. The second kappa shape index (κ2) is 7.23. The molecule has 3 saturated carbocycles. The van der Waals surface area contributed by atoms with Gasteiger partial charge in [0.2, 0.25) is 0 Å². The van der Waals surface area contributed by atoms with Crippen LogP contribution in [0.4, 0.5) is 4.39 Å². The molecule has 5 rings (SSSR count). The summed E-state index contributed by atoms with van der Waals surface area (Å²) in [6, 6.07) is 0. The van der Waals surface area contributed by atoms with Gasteiger partial charge in [0.05, 0.1) is 6.10 Å². The Morgan fingerprint density at radius 2 is 2.00 bits per heavy atom. The van der Waals surface area contributed by atoms with Crippen LogP contribution in [0.15, 0.2) is 23.8 Å². The zero-order chi connectivity index (χ0) is 24.9. The van der Waals surface area contributed by atoms with Crippen molar-refractivity contribution in [2.75, 3.05) is 13.1 Å². The Kier molecular flexibility index (Phi) is 5.14. The fraction of sp³-hybridized carbons (Fsp3) is 0.778. The van der Waals surface area contributed by atoms with Crippen LogP contribution < -0.4 is 0 Å². The Bertz CT molecular complexity index is 986. The highest BCUT2D eigenvalue weighted by molar-refractivity contribution is 6.01. The molecule has 0 aromatic rings. The van der Waals surface area contributed by atoms with Crippen LogP contribution in [-0.4, -0.2) is 57.5 Å². The Balaban J connectivity index is 1.52. The van der Waals surface area contributed by atoms with Gasteiger partial charge in [-0.25, -0.2) is 9.18 Å². The highest BCUT2D eigenvalue weighted by Gasteiger charge is 2.79. The molecule has 5 aliphatic rings. The maximum Gasteiger partial charge on any atom is 0.339 e. The Morgan fingerprint density at radius 3 is 2.65 bits per heavy atom. The number of carboxylic acids is 1. The molecule has 6 nitrogen and oxygen atoms in total. The molecule has 4 aliphatic carbocycles. The van der Waals surface area contributed by atoms with Gasteiger partial charge >= 0.3 is 5.97 Å². The van der Waals surface area contributed by atoms with E-state index in [-0.39, 0.29) is 29.5 Å². The van der Waals surface area contributed by atoms with Crippen LogP contribution >= 0.6 is 0 Å². The van der Waals surface area contributed by atoms with Crippen molar-refractivity contribution in [1.29, 1.82) is 0 Å². The zero-order valence-electron chi connectivity index (χ0n) is 20.9. The number of carbonyl (C=O) groups excluding carboxylic acids is 1. The van der Waals surface area contributed by atoms with E-state index in [1.165, 1.54) is 12.2 Å². The van der Waals surface area contributed by atoms with Gasteiger partial charge in [-0.05, 0) is 62.5 Å². The van der Waals surface area contributed by atoms with Crippen LogP contribution in [0.3, 0.4) is 0 Å². The topological polar surface area (TPSA) is 87.1 Å². The van der Waals surface area contributed by atoms with Crippen molar-refractivity contribution in [3.8, 4) is 0 Å². The molecule has 0 unspecified atom stereocenters. The number of ketones is 1. The number of carbonyl (C=O) groups is 2. The van der Waals surface area contributed by atoms with E-state index in [0.29, 0.717) is 32.4 Å². The summed E-state index contributed by atoms with van der Waals surface area (Å²) in [6.07, 6.45) is 5.73. The van der Waals surface area contributed by atoms with E-state index in [0.717, 1.165) is 12.0 Å². The lowest BCUT2D eigenvalue weighted by Crippen LogP contribution is -2.69. The minimum atomic E-state index is -1.96. The number of nitrogens with zero attached hydrogens (tertiary/aromatic N) is 1. The van der Waals surface area contributed by atoms with E-state index < -0.39 is 40.1 Å². The predicted molar refractivity (Wildman–Crippen MR) is 124 cm³/mol. The molecular formula is C27H38FNO5. The number of hydrogen-bond acceptors (Lipinski definition) is 5. The summed E-state index contributed by atoms with van der Waals surface area (Å²) in [5.41, 5.74) is -4.56. The van der Waals surface area contributed by atoms with Crippen LogP contribution in [0.2, 0.25) is 0 Å². The second-order valence-electron chi connectivity index (χ2n) is 13.0. The first kappa shape index (κ1) is 24.1. The molecule has 1 saturated heterocycles. The number of aliphatic hydroxyl groups excluding tert-OH is 1. The summed E-state index contributed by atoms with van der Waals surface area (Å²) in [7, 11) is 0. The Hall–Kier alpha value is -1.57. The lowest BCUT2D eigenvalue weighted by atomic mass is 9.45.